The van der Waals surface area contributed by atoms with Crippen molar-refractivity contribution >= 4 is 29.0 Å². The topological polar surface area (TPSA) is 156 Å². The number of nitrogens with one attached hydrogen (secondary N) is 1. The Hall–Kier alpha value is -5.82. The van der Waals surface area contributed by atoms with Gasteiger partial charge in [-0.15, -0.1) is 0 Å². The van der Waals surface area contributed by atoms with Crippen molar-refractivity contribution in [2.45, 2.75) is 109 Å². The number of ether oxygens (including phenoxy) is 2. The molecule has 2 aliphatic carbocycles. The number of nitrogen functional groups attached to an aromatic ring is 1. The van der Waals surface area contributed by atoms with Crippen LogP contribution in [0, 0.1) is 29.1 Å². The molecule has 4 aromatic carbocycles. The summed E-state index contributed by atoms with van der Waals surface area (Å²) < 4.78 is 11.8. The maximum atomic E-state index is 12.7. The number of nitrogens with two attached hydrogens (primary N) is 2. The Morgan fingerprint density at radius 2 is 1.42 bits per heavy atom. The summed E-state index contributed by atoms with van der Waals surface area (Å²) in [6.07, 6.45) is 15.7. The van der Waals surface area contributed by atoms with Crippen molar-refractivity contribution in [3.63, 3.8) is 0 Å². The number of rotatable bonds is 15. The van der Waals surface area contributed by atoms with E-state index in [4.69, 9.17) is 20.9 Å². The maximum Gasteiger partial charge on any atom is 0.222 e. The van der Waals surface area contributed by atoms with Gasteiger partial charge in [-0.05, 0) is 129 Å². The highest BCUT2D eigenvalue weighted by molar-refractivity contribution is 5.88. The second-order valence-electron chi connectivity index (χ2n) is 16.6. The van der Waals surface area contributed by atoms with Gasteiger partial charge in [-0.2, -0.15) is 5.26 Å². The number of nitriles is 1. The van der Waals surface area contributed by atoms with Gasteiger partial charge in [-0.3, -0.25) is 9.59 Å². The summed E-state index contributed by atoms with van der Waals surface area (Å²) in [5.74, 6) is 4.37. The third-order valence-electron chi connectivity index (χ3n) is 12.2. The molecule has 0 bridgehead atoms. The molecule has 0 spiro atoms. The number of hydrogen-bond donors (Lipinski definition) is 3. The summed E-state index contributed by atoms with van der Waals surface area (Å²) >= 11 is 0. The normalized spacial score (nSPS) is 17.1. The van der Waals surface area contributed by atoms with Crippen LogP contribution in [0.15, 0.2) is 102 Å². The van der Waals surface area contributed by atoms with Gasteiger partial charge in [0.15, 0.2) is 0 Å². The number of hydrogen-bond acceptors (Lipinski definition) is 8. The molecule has 0 radical (unpaired) electrons. The standard InChI is InChI=1S/2C25H31N3O2/c1-28(20-8-4-2-5-9-20)24(29)15-12-18-16-19-17-22(13-14-23(19)27-25(18)26)30-21-10-6-3-7-11-21;26-17-20(11-14-25(29)28-18-19-7-3-1-4-8-19)15-21-16-23(12-13-24(21)27)30-22-9-5-2-6-10-22/h3,6-7,10-11,13-14,17-18,20H,2,4-5,8-9,12,15-16H2,1H3,(H2,26,27);2,5-6,9-10,12-13,16,19-20H,1,3-4,7-8,11,14-15,18,27H2,(H,28,29). The van der Waals surface area contributed by atoms with Gasteiger partial charge in [0.05, 0.1) is 17.7 Å². The third kappa shape index (κ3) is 13.4. The second kappa shape index (κ2) is 22.5. The minimum Gasteiger partial charge on any atom is -0.457 e. The van der Waals surface area contributed by atoms with E-state index in [1.165, 1.54) is 51.4 Å². The molecular formula is C50H62N6O4. The van der Waals surface area contributed by atoms with Crippen LogP contribution in [-0.2, 0) is 22.4 Å². The lowest BCUT2D eigenvalue weighted by atomic mass is 9.89. The Labute approximate surface area is 356 Å². The van der Waals surface area contributed by atoms with Gasteiger partial charge in [-0.1, -0.05) is 74.9 Å². The highest BCUT2D eigenvalue weighted by Crippen LogP contribution is 2.35. The van der Waals surface area contributed by atoms with Gasteiger partial charge >= 0.3 is 0 Å². The monoisotopic (exact) mass is 810 g/mol. The van der Waals surface area contributed by atoms with Crippen LogP contribution in [0.25, 0.3) is 0 Å². The first-order chi connectivity index (χ1) is 29.2. The van der Waals surface area contributed by atoms with E-state index in [0.29, 0.717) is 54.9 Å². The predicted octanol–water partition coefficient (Wildman–Crippen LogP) is 10.4. The molecular weight excluding hydrogens is 749 g/mol. The van der Waals surface area contributed by atoms with Crippen molar-refractivity contribution < 1.29 is 19.1 Å². The number of nitrogens with zero attached hydrogens (tertiary/aromatic N) is 3. The van der Waals surface area contributed by atoms with Crippen LogP contribution in [0.3, 0.4) is 0 Å². The van der Waals surface area contributed by atoms with E-state index in [1.807, 2.05) is 103 Å². The van der Waals surface area contributed by atoms with Gasteiger partial charge in [0.1, 0.15) is 28.8 Å². The molecule has 60 heavy (non-hydrogen) atoms. The van der Waals surface area contributed by atoms with Crippen molar-refractivity contribution in [3.05, 3.63) is 108 Å². The number of amides is 2. The van der Waals surface area contributed by atoms with Crippen molar-refractivity contribution in [1.29, 1.82) is 5.26 Å². The molecule has 0 aromatic heterocycles. The molecule has 5 N–H and O–H groups in total. The first-order valence-electron chi connectivity index (χ1n) is 22.0. The number of para-hydroxylation sites is 2. The fourth-order valence-electron chi connectivity index (χ4n) is 8.49. The Bertz CT molecular complexity index is 2050. The van der Waals surface area contributed by atoms with Crippen LogP contribution in [0.5, 0.6) is 23.0 Å². The molecule has 3 aliphatic rings. The highest BCUT2D eigenvalue weighted by Gasteiger charge is 2.26. The van der Waals surface area contributed by atoms with Crippen molar-refractivity contribution in [1.82, 2.24) is 10.2 Å². The average molecular weight is 811 g/mol. The van der Waals surface area contributed by atoms with E-state index >= 15 is 0 Å². The molecule has 10 heteroatoms. The average Bonchev–Trinajstić information content (AvgIpc) is 3.28. The van der Waals surface area contributed by atoms with Crippen molar-refractivity contribution in [2.24, 2.45) is 28.5 Å². The molecule has 2 unspecified atom stereocenters. The zero-order valence-corrected chi connectivity index (χ0v) is 35.2. The zero-order valence-electron chi connectivity index (χ0n) is 35.2. The van der Waals surface area contributed by atoms with E-state index in [9.17, 15) is 14.9 Å². The first kappa shape index (κ1) is 43.8. The lowest BCUT2D eigenvalue weighted by Gasteiger charge is -2.32. The summed E-state index contributed by atoms with van der Waals surface area (Å²) in [5.41, 5.74) is 15.9. The molecule has 10 nitrogen and oxygen atoms in total. The first-order valence-corrected chi connectivity index (χ1v) is 22.0. The fourth-order valence-corrected chi connectivity index (χ4v) is 8.49. The molecule has 7 rings (SSSR count). The fraction of sp³-hybridized carbons (Fsp3) is 0.440. The van der Waals surface area contributed by atoms with Crippen LogP contribution in [0.4, 0.5) is 11.4 Å². The lowest BCUT2D eigenvalue weighted by molar-refractivity contribution is -0.132. The Kier molecular flexibility index (Phi) is 16.4. The Balaban J connectivity index is 0.000000201. The number of anilines is 1. The van der Waals surface area contributed by atoms with Gasteiger partial charge < -0.3 is 31.2 Å². The van der Waals surface area contributed by atoms with Crippen LogP contribution in [0.1, 0.15) is 101 Å². The Morgan fingerprint density at radius 1 is 0.800 bits per heavy atom. The second-order valence-corrected chi connectivity index (χ2v) is 16.6. The van der Waals surface area contributed by atoms with Gasteiger partial charge in [-0.25, -0.2) is 4.99 Å². The molecule has 316 valence electrons. The van der Waals surface area contributed by atoms with Crippen LogP contribution >= 0.6 is 0 Å². The minimum atomic E-state index is -0.264. The van der Waals surface area contributed by atoms with Gasteiger partial charge in [0, 0.05) is 44.1 Å². The van der Waals surface area contributed by atoms with Crippen molar-refractivity contribution in [3.8, 4) is 29.1 Å². The van der Waals surface area contributed by atoms with E-state index in [-0.39, 0.29) is 23.7 Å². The van der Waals surface area contributed by atoms with E-state index < -0.39 is 0 Å². The summed E-state index contributed by atoms with van der Waals surface area (Å²) in [7, 11) is 1.96. The quantitative estimate of drug-likeness (QED) is 0.101. The minimum absolute atomic E-state index is 0.0370. The molecule has 4 aromatic rings. The third-order valence-corrected chi connectivity index (χ3v) is 12.2. The lowest BCUT2D eigenvalue weighted by Crippen LogP contribution is -2.39. The number of carbonyl (C=O) groups is 2. The smallest absolute Gasteiger partial charge is 0.222 e. The SMILES string of the molecule is CN(C(=O)CCC1Cc2cc(Oc3ccccc3)ccc2N=C1N)C1CCCCC1.N#CC(CCC(=O)NCC1CCCCC1)Cc1cc(Oc2ccccc2)ccc1N. The maximum absolute atomic E-state index is 12.7. The molecule has 2 fully saturated rings. The van der Waals surface area contributed by atoms with Crippen LogP contribution in [-0.4, -0.2) is 42.2 Å². The number of aliphatic imine (C=N–C) groups is 1. The highest BCUT2D eigenvalue weighted by atomic mass is 16.5. The molecule has 2 atom stereocenters. The zero-order chi connectivity index (χ0) is 42.1. The number of benzene rings is 4. The largest absolute Gasteiger partial charge is 0.457 e. The molecule has 1 aliphatic heterocycles. The number of amidine groups is 1. The summed E-state index contributed by atoms with van der Waals surface area (Å²) in [6, 6.07) is 33.5. The molecule has 0 saturated heterocycles. The van der Waals surface area contributed by atoms with Crippen LogP contribution in [0.2, 0.25) is 0 Å². The van der Waals surface area contributed by atoms with E-state index in [1.54, 1.807) is 6.07 Å². The van der Waals surface area contributed by atoms with Gasteiger partial charge in [0.25, 0.3) is 0 Å². The Morgan fingerprint density at radius 3 is 2.07 bits per heavy atom. The van der Waals surface area contributed by atoms with Crippen LogP contribution < -0.4 is 26.3 Å². The predicted molar refractivity (Wildman–Crippen MR) is 239 cm³/mol. The summed E-state index contributed by atoms with van der Waals surface area (Å²) in [6.45, 7) is 0.766. The van der Waals surface area contributed by atoms with E-state index in [0.717, 1.165) is 66.3 Å². The number of fused-ring (bicyclic) bond motifs is 1. The van der Waals surface area contributed by atoms with Gasteiger partial charge in [0.2, 0.25) is 11.8 Å². The summed E-state index contributed by atoms with van der Waals surface area (Å²) in [5, 5.41) is 12.6. The summed E-state index contributed by atoms with van der Waals surface area (Å²) in [4.78, 5) is 31.5. The number of carbonyl (C=O) groups excluding carboxylic acids is 2. The molecule has 2 amide bonds. The van der Waals surface area contributed by atoms with E-state index in [2.05, 4.69) is 16.4 Å². The molecule has 2 saturated carbocycles. The van der Waals surface area contributed by atoms with Crippen molar-refractivity contribution in [2.75, 3.05) is 19.3 Å². The molecule has 1 heterocycles.